The molecule has 0 aromatic carbocycles. The first-order valence-electron chi connectivity index (χ1n) is 5.39. The average molecular weight is 234 g/mol. The van der Waals surface area contributed by atoms with Crippen molar-refractivity contribution in [2.45, 2.75) is 26.8 Å². The summed E-state index contributed by atoms with van der Waals surface area (Å²) >= 11 is 0. The third-order valence-electron chi connectivity index (χ3n) is 2.23. The number of carbonyl (C=O) groups is 1. The zero-order valence-electron chi connectivity index (χ0n) is 9.74. The Morgan fingerprint density at radius 2 is 2.35 bits per heavy atom. The summed E-state index contributed by atoms with van der Waals surface area (Å²) < 4.78 is 0. The SMILES string of the molecule is CCc1n[nH]c(CNC(=O)c2ncc(C)[nH]2)n1. The van der Waals surface area contributed by atoms with Crippen LogP contribution in [0.25, 0.3) is 0 Å². The Labute approximate surface area is 98.1 Å². The molecule has 0 radical (unpaired) electrons. The predicted octanol–water partition coefficient (Wildman–Crippen LogP) is 0.329. The molecule has 0 saturated heterocycles. The predicted molar refractivity (Wildman–Crippen MR) is 60.3 cm³/mol. The van der Waals surface area contributed by atoms with Crippen LogP contribution < -0.4 is 5.32 Å². The largest absolute Gasteiger partial charge is 0.342 e. The molecule has 2 heterocycles. The van der Waals surface area contributed by atoms with Crippen LogP contribution in [0.3, 0.4) is 0 Å². The summed E-state index contributed by atoms with van der Waals surface area (Å²) in [6.07, 6.45) is 2.38. The number of carbonyl (C=O) groups excluding carboxylic acids is 1. The summed E-state index contributed by atoms with van der Waals surface area (Å²) in [6.45, 7) is 4.12. The maximum absolute atomic E-state index is 11.6. The molecule has 2 rings (SSSR count). The van der Waals surface area contributed by atoms with Crippen LogP contribution in [-0.2, 0) is 13.0 Å². The molecule has 0 aliphatic heterocycles. The molecule has 0 atom stereocenters. The van der Waals surface area contributed by atoms with Crippen LogP contribution in [-0.4, -0.2) is 31.1 Å². The Morgan fingerprint density at radius 3 is 2.94 bits per heavy atom. The maximum Gasteiger partial charge on any atom is 0.287 e. The number of amides is 1. The molecule has 7 heteroatoms. The molecule has 3 N–H and O–H groups in total. The molecule has 0 aliphatic rings. The molecule has 0 bridgehead atoms. The normalized spacial score (nSPS) is 10.5. The fourth-order valence-electron chi connectivity index (χ4n) is 1.35. The summed E-state index contributed by atoms with van der Waals surface area (Å²) in [7, 11) is 0. The van der Waals surface area contributed by atoms with E-state index in [9.17, 15) is 4.79 Å². The first-order chi connectivity index (χ1) is 8.19. The lowest BCUT2D eigenvalue weighted by Crippen LogP contribution is -2.24. The van der Waals surface area contributed by atoms with Crippen LogP contribution >= 0.6 is 0 Å². The quantitative estimate of drug-likeness (QED) is 0.709. The number of hydrogen-bond acceptors (Lipinski definition) is 4. The zero-order valence-corrected chi connectivity index (χ0v) is 9.74. The smallest absolute Gasteiger partial charge is 0.287 e. The third kappa shape index (κ3) is 2.68. The topological polar surface area (TPSA) is 99.4 Å². The molecule has 7 nitrogen and oxygen atoms in total. The molecule has 2 aromatic rings. The van der Waals surface area contributed by atoms with Gasteiger partial charge in [0.2, 0.25) is 0 Å². The number of nitrogens with zero attached hydrogens (tertiary/aromatic N) is 3. The monoisotopic (exact) mass is 234 g/mol. The molecule has 1 amide bonds. The van der Waals surface area contributed by atoms with Gasteiger partial charge in [0.15, 0.2) is 11.6 Å². The van der Waals surface area contributed by atoms with E-state index in [1.54, 1.807) is 6.20 Å². The number of aromatic amines is 2. The molecule has 0 unspecified atom stereocenters. The van der Waals surface area contributed by atoms with E-state index in [2.05, 4.69) is 30.5 Å². The fraction of sp³-hybridized carbons (Fsp3) is 0.400. The Kier molecular flexibility index (Phi) is 3.17. The second kappa shape index (κ2) is 4.77. The van der Waals surface area contributed by atoms with Crippen LogP contribution in [0.1, 0.15) is 34.9 Å². The Bertz CT molecular complexity index is 514. The summed E-state index contributed by atoms with van der Waals surface area (Å²) in [5.74, 6) is 1.42. The van der Waals surface area contributed by atoms with E-state index in [4.69, 9.17) is 0 Å². The van der Waals surface area contributed by atoms with Gasteiger partial charge in [-0.3, -0.25) is 9.89 Å². The molecule has 0 spiro atoms. The van der Waals surface area contributed by atoms with Gasteiger partial charge >= 0.3 is 0 Å². The van der Waals surface area contributed by atoms with E-state index >= 15 is 0 Å². The highest BCUT2D eigenvalue weighted by atomic mass is 16.2. The van der Waals surface area contributed by atoms with Gasteiger partial charge in [0.25, 0.3) is 5.91 Å². The summed E-state index contributed by atoms with van der Waals surface area (Å²) in [6, 6.07) is 0. The van der Waals surface area contributed by atoms with E-state index in [1.165, 1.54) is 0 Å². The minimum atomic E-state index is -0.257. The van der Waals surface area contributed by atoms with Crippen LogP contribution in [0.5, 0.6) is 0 Å². The highest BCUT2D eigenvalue weighted by Gasteiger charge is 2.09. The second-order valence-electron chi connectivity index (χ2n) is 3.65. The second-order valence-corrected chi connectivity index (χ2v) is 3.65. The van der Waals surface area contributed by atoms with Gasteiger partial charge in [0, 0.05) is 18.3 Å². The maximum atomic E-state index is 11.6. The number of aryl methyl sites for hydroxylation is 2. The van der Waals surface area contributed by atoms with E-state index < -0.39 is 0 Å². The van der Waals surface area contributed by atoms with Crippen LogP contribution in [0.15, 0.2) is 6.20 Å². The molecule has 0 saturated carbocycles. The fourth-order valence-corrected chi connectivity index (χ4v) is 1.35. The molecule has 17 heavy (non-hydrogen) atoms. The van der Waals surface area contributed by atoms with Crippen molar-refractivity contribution < 1.29 is 4.79 Å². The van der Waals surface area contributed by atoms with Crippen molar-refractivity contribution >= 4 is 5.91 Å². The Morgan fingerprint density at radius 1 is 1.53 bits per heavy atom. The van der Waals surface area contributed by atoms with E-state index in [0.29, 0.717) is 18.2 Å². The van der Waals surface area contributed by atoms with Crippen LogP contribution in [0.2, 0.25) is 0 Å². The first-order valence-corrected chi connectivity index (χ1v) is 5.39. The standard InChI is InChI=1S/C10H14N6O/c1-3-7-14-8(16-15-7)5-12-10(17)9-11-4-6(2)13-9/h4H,3,5H2,1-2H3,(H,11,13)(H,12,17)(H,14,15,16). The van der Waals surface area contributed by atoms with Gasteiger partial charge in [-0.15, -0.1) is 0 Å². The van der Waals surface area contributed by atoms with Crippen molar-refractivity contribution in [3.8, 4) is 0 Å². The van der Waals surface area contributed by atoms with E-state index in [0.717, 1.165) is 17.9 Å². The van der Waals surface area contributed by atoms with Crippen molar-refractivity contribution in [1.29, 1.82) is 0 Å². The number of aromatic nitrogens is 5. The number of rotatable bonds is 4. The first kappa shape index (κ1) is 11.3. The molecule has 0 fully saturated rings. The van der Waals surface area contributed by atoms with Crippen molar-refractivity contribution in [1.82, 2.24) is 30.5 Å². The van der Waals surface area contributed by atoms with Gasteiger partial charge in [-0.05, 0) is 6.92 Å². The number of H-pyrrole nitrogens is 2. The molecule has 90 valence electrons. The lowest BCUT2D eigenvalue weighted by Gasteiger charge is -1.99. The third-order valence-corrected chi connectivity index (χ3v) is 2.23. The number of nitrogens with one attached hydrogen (secondary N) is 3. The van der Waals surface area contributed by atoms with Crippen molar-refractivity contribution in [3.05, 3.63) is 29.4 Å². The summed E-state index contributed by atoms with van der Waals surface area (Å²) in [5.41, 5.74) is 0.850. The minimum absolute atomic E-state index is 0.257. The molecule has 2 aromatic heterocycles. The number of imidazole rings is 1. The number of hydrogen-bond donors (Lipinski definition) is 3. The van der Waals surface area contributed by atoms with Gasteiger partial charge in [-0.1, -0.05) is 6.92 Å². The Balaban J connectivity index is 1.92. The van der Waals surface area contributed by atoms with Gasteiger partial charge in [0.1, 0.15) is 5.82 Å². The van der Waals surface area contributed by atoms with Gasteiger partial charge in [0.05, 0.1) is 6.54 Å². The highest BCUT2D eigenvalue weighted by molar-refractivity contribution is 5.90. The van der Waals surface area contributed by atoms with Gasteiger partial charge in [-0.25, -0.2) is 9.97 Å². The Hall–Kier alpha value is -2.18. The van der Waals surface area contributed by atoms with Gasteiger partial charge < -0.3 is 10.3 Å². The van der Waals surface area contributed by atoms with Crippen molar-refractivity contribution in [3.63, 3.8) is 0 Å². The van der Waals surface area contributed by atoms with E-state index in [1.807, 2.05) is 13.8 Å². The van der Waals surface area contributed by atoms with Crippen LogP contribution in [0.4, 0.5) is 0 Å². The zero-order chi connectivity index (χ0) is 12.3. The molecular weight excluding hydrogens is 220 g/mol. The molecule has 0 aliphatic carbocycles. The summed E-state index contributed by atoms with van der Waals surface area (Å²) in [5, 5.41) is 9.44. The lowest BCUT2D eigenvalue weighted by molar-refractivity contribution is 0.0940. The average Bonchev–Trinajstić information content (AvgIpc) is 2.94. The van der Waals surface area contributed by atoms with Crippen molar-refractivity contribution in [2.75, 3.05) is 0 Å². The van der Waals surface area contributed by atoms with Crippen molar-refractivity contribution in [2.24, 2.45) is 0 Å². The molecular formula is C10H14N6O. The summed E-state index contributed by atoms with van der Waals surface area (Å²) in [4.78, 5) is 22.6. The highest BCUT2D eigenvalue weighted by Crippen LogP contribution is 1.96. The van der Waals surface area contributed by atoms with E-state index in [-0.39, 0.29) is 5.91 Å². The van der Waals surface area contributed by atoms with Gasteiger partial charge in [-0.2, -0.15) is 5.10 Å². The minimum Gasteiger partial charge on any atom is -0.342 e. The lowest BCUT2D eigenvalue weighted by atomic mass is 10.4. The van der Waals surface area contributed by atoms with Crippen LogP contribution in [0, 0.1) is 6.92 Å².